The average molecular weight is 265 g/mol. The van der Waals surface area contributed by atoms with Crippen LogP contribution in [0.1, 0.15) is 18.0 Å². The van der Waals surface area contributed by atoms with Crippen molar-refractivity contribution in [2.45, 2.75) is 18.5 Å². The van der Waals surface area contributed by atoms with Crippen molar-refractivity contribution in [2.75, 3.05) is 7.05 Å². The van der Waals surface area contributed by atoms with Gasteiger partial charge >= 0.3 is 11.7 Å². The van der Waals surface area contributed by atoms with Crippen LogP contribution in [-0.4, -0.2) is 29.1 Å². The Morgan fingerprint density at radius 3 is 2.95 bits per heavy atom. The van der Waals surface area contributed by atoms with E-state index in [1.807, 2.05) is 0 Å². The van der Waals surface area contributed by atoms with Crippen LogP contribution in [0.15, 0.2) is 27.4 Å². The number of carbonyl (C=O) groups is 1. The average Bonchev–Trinajstić information content (AvgIpc) is 2.74. The van der Waals surface area contributed by atoms with Crippen LogP contribution < -0.4 is 16.8 Å². The maximum absolute atomic E-state index is 11.1. The molecule has 0 aliphatic carbocycles. The Hall–Kier alpha value is -2.12. The van der Waals surface area contributed by atoms with Crippen molar-refractivity contribution in [1.82, 2.24) is 10.3 Å². The molecule has 102 valence electrons. The molecule has 0 fully saturated rings. The van der Waals surface area contributed by atoms with Gasteiger partial charge in [0.05, 0.1) is 5.52 Å². The van der Waals surface area contributed by atoms with Crippen LogP contribution in [0.5, 0.6) is 0 Å². The van der Waals surface area contributed by atoms with Crippen LogP contribution in [0.4, 0.5) is 0 Å². The van der Waals surface area contributed by atoms with Gasteiger partial charge < -0.3 is 20.6 Å². The van der Waals surface area contributed by atoms with Crippen molar-refractivity contribution < 1.29 is 14.3 Å². The van der Waals surface area contributed by atoms with E-state index in [-0.39, 0.29) is 12.5 Å². The third-order valence-electron chi connectivity index (χ3n) is 3.00. The zero-order chi connectivity index (χ0) is 14.0. The van der Waals surface area contributed by atoms with Gasteiger partial charge in [0.25, 0.3) is 0 Å². The second-order valence-corrected chi connectivity index (χ2v) is 4.29. The second-order valence-electron chi connectivity index (χ2n) is 4.29. The number of hydrogen-bond donors (Lipinski definition) is 4. The second kappa shape index (κ2) is 5.25. The number of carboxylic acid groups (broad SMARTS) is 1. The monoisotopic (exact) mass is 265 g/mol. The highest BCUT2D eigenvalue weighted by Gasteiger charge is 2.19. The van der Waals surface area contributed by atoms with Gasteiger partial charge in [-0.25, -0.2) is 4.79 Å². The first-order valence-corrected chi connectivity index (χ1v) is 5.79. The molecule has 0 saturated carbocycles. The van der Waals surface area contributed by atoms with Crippen molar-refractivity contribution in [3.63, 3.8) is 0 Å². The van der Waals surface area contributed by atoms with E-state index in [1.54, 1.807) is 25.2 Å². The van der Waals surface area contributed by atoms with Crippen molar-refractivity contribution in [3.8, 4) is 0 Å². The van der Waals surface area contributed by atoms with Gasteiger partial charge in [-0.15, -0.1) is 0 Å². The Balaban J connectivity index is 2.29. The molecule has 1 aromatic heterocycles. The van der Waals surface area contributed by atoms with E-state index >= 15 is 0 Å². The van der Waals surface area contributed by atoms with Gasteiger partial charge in [-0.1, -0.05) is 6.07 Å². The summed E-state index contributed by atoms with van der Waals surface area (Å²) in [6, 6.07) is 4.02. The van der Waals surface area contributed by atoms with Gasteiger partial charge in [0.2, 0.25) is 0 Å². The van der Waals surface area contributed by atoms with E-state index in [0.29, 0.717) is 11.1 Å². The predicted molar refractivity (Wildman–Crippen MR) is 68.9 cm³/mol. The Morgan fingerprint density at radius 2 is 2.32 bits per heavy atom. The summed E-state index contributed by atoms with van der Waals surface area (Å²) in [7, 11) is 1.72. The minimum absolute atomic E-state index is 0.214. The molecule has 0 aliphatic heterocycles. The fourth-order valence-electron chi connectivity index (χ4n) is 1.96. The number of carboxylic acids is 1. The Labute approximate surface area is 108 Å². The normalized spacial score (nSPS) is 14.4. The summed E-state index contributed by atoms with van der Waals surface area (Å²) >= 11 is 0. The first-order chi connectivity index (χ1) is 9.01. The lowest BCUT2D eigenvalue weighted by Crippen LogP contribution is -2.34. The summed E-state index contributed by atoms with van der Waals surface area (Å²) in [6.07, 6.45) is 0.249. The van der Waals surface area contributed by atoms with Gasteiger partial charge in [-0.05, 0) is 31.2 Å². The molecular weight excluding hydrogens is 250 g/mol. The molecule has 0 spiro atoms. The van der Waals surface area contributed by atoms with Crippen molar-refractivity contribution in [1.29, 1.82) is 0 Å². The summed E-state index contributed by atoms with van der Waals surface area (Å²) in [5, 5.41) is 11.8. The number of oxazole rings is 1. The number of H-pyrrole nitrogens is 1. The molecule has 7 heteroatoms. The SMILES string of the molecule is CNC(CC(N)C(=O)O)c1ccc2oc(=O)[nH]c2c1. The summed E-state index contributed by atoms with van der Waals surface area (Å²) in [5.41, 5.74) is 7.41. The predicted octanol–water partition coefficient (Wildman–Crippen LogP) is 0.184. The first kappa shape index (κ1) is 13.3. The number of benzene rings is 1. The lowest BCUT2D eigenvalue weighted by atomic mass is 9.99. The summed E-state index contributed by atoms with van der Waals surface area (Å²) in [6.45, 7) is 0. The Bertz CT molecular complexity index is 646. The highest BCUT2D eigenvalue weighted by atomic mass is 16.4. The topological polar surface area (TPSA) is 121 Å². The molecule has 2 aromatic rings. The van der Waals surface area contributed by atoms with Crippen LogP contribution in [0.25, 0.3) is 11.1 Å². The number of aromatic nitrogens is 1. The number of rotatable bonds is 5. The van der Waals surface area contributed by atoms with E-state index in [0.717, 1.165) is 5.56 Å². The standard InChI is InChI=1S/C12H15N3O4/c1-14-8(5-7(13)11(16)17)6-2-3-10-9(4-6)15-12(18)19-10/h2-4,7-8,14H,5,13H2,1H3,(H,15,18)(H,16,17). The third kappa shape index (κ3) is 2.83. The quantitative estimate of drug-likeness (QED) is 0.612. The number of aliphatic carboxylic acids is 1. The molecule has 2 atom stereocenters. The molecular formula is C12H15N3O4. The zero-order valence-electron chi connectivity index (χ0n) is 10.3. The fraction of sp³-hybridized carbons (Fsp3) is 0.333. The molecule has 0 saturated heterocycles. The summed E-state index contributed by atoms with van der Waals surface area (Å²) in [5.74, 6) is -1.56. The van der Waals surface area contributed by atoms with E-state index in [2.05, 4.69) is 10.3 Å². The molecule has 0 bridgehead atoms. The van der Waals surface area contributed by atoms with Crippen LogP contribution >= 0.6 is 0 Å². The number of nitrogens with one attached hydrogen (secondary N) is 2. The smallest absolute Gasteiger partial charge is 0.417 e. The van der Waals surface area contributed by atoms with Gasteiger partial charge in [-0.3, -0.25) is 9.78 Å². The zero-order valence-corrected chi connectivity index (χ0v) is 10.3. The lowest BCUT2D eigenvalue weighted by Gasteiger charge is -2.18. The Kier molecular flexibility index (Phi) is 3.68. The first-order valence-electron chi connectivity index (χ1n) is 5.79. The van der Waals surface area contributed by atoms with Crippen molar-refractivity contribution >= 4 is 17.1 Å². The molecule has 2 rings (SSSR count). The molecule has 7 nitrogen and oxygen atoms in total. The highest BCUT2D eigenvalue weighted by Crippen LogP contribution is 2.21. The number of hydrogen-bond acceptors (Lipinski definition) is 5. The fourth-order valence-corrected chi connectivity index (χ4v) is 1.96. The molecule has 0 radical (unpaired) electrons. The molecule has 0 amide bonds. The molecule has 19 heavy (non-hydrogen) atoms. The number of nitrogens with two attached hydrogens (primary N) is 1. The Morgan fingerprint density at radius 1 is 1.58 bits per heavy atom. The van der Waals surface area contributed by atoms with Gasteiger partial charge in [-0.2, -0.15) is 0 Å². The van der Waals surface area contributed by atoms with Crippen LogP contribution in [-0.2, 0) is 4.79 Å². The molecule has 1 aromatic carbocycles. The van der Waals surface area contributed by atoms with E-state index in [4.69, 9.17) is 15.3 Å². The van der Waals surface area contributed by atoms with Gasteiger partial charge in [0.1, 0.15) is 6.04 Å². The minimum Gasteiger partial charge on any atom is -0.480 e. The number of fused-ring (bicyclic) bond motifs is 1. The summed E-state index contributed by atoms with van der Waals surface area (Å²) in [4.78, 5) is 24.4. The molecule has 2 unspecified atom stereocenters. The van der Waals surface area contributed by atoms with Gasteiger partial charge in [0.15, 0.2) is 5.58 Å². The number of aromatic amines is 1. The van der Waals surface area contributed by atoms with Crippen molar-refractivity contribution in [3.05, 3.63) is 34.3 Å². The lowest BCUT2D eigenvalue weighted by molar-refractivity contribution is -0.138. The van der Waals surface area contributed by atoms with Crippen LogP contribution in [0.2, 0.25) is 0 Å². The van der Waals surface area contributed by atoms with Gasteiger partial charge in [0, 0.05) is 6.04 Å². The van der Waals surface area contributed by atoms with E-state index < -0.39 is 17.8 Å². The minimum atomic E-state index is -1.04. The highest BCUT2D eigenvalue weighted by molar-refractivity contribution is 5.74. The van der Waals surface area contributed by atoms with Crippen molar-refractivity contribution in [2.24, 2.45) is 5.73 Å². The largest absolute Gasteiger partial charge is 0.480 e. The van der Waals surface area contributed by atoms with Crippen LogP contribution in [0, 0.1) is 0 Å². The third-order valence-corrected chi connectivity index (χ3v) is 3.00. The maximum atomic E-state index is 11.1. The maximum Gasteiger partial charge on any atom is 0.417 e. The molecule has 5 N–H and O–H groups in total. The molecule has 0 aliphatic rings. The van der Waals surface area contributed by atoms with E-state index in [1.165, 1.54) is 0 Å². The molecule has 1 heterocycles. The van der Waals surface area contributed by atoms with Crippen LogP contribution in [0.3, 0.4) is 0 Å². The van der Waals surface area contributed by atoms with E-state index in [9.17, 15) is 9.59 Å². The summed E-state index contributed by atoms with van der Waals surface area (Å²) < 4.78 is 4.91.